The summed E-state index contributed by atoms with van der Waals surface area (Å²) in [6.45, 7) is 1.17. The minimum absolute atomic E-state index is 0.147. The Morgan fingerprint density at radius 2 is 1.76 bits per heavy atom. The zero-order chi connectivity index (χ0) is 24.1. The van der Waals surface area contributed by atoms with Gasteiger partial charge in [-0.1, -0.05) is 54.6 Å². The molecule has 0 fully saturated rings. The Morgan fingerprint density at radius 3 is 2.44 bits per heavy atom. The second kappa shape index (κ2) is 9.95. The Hall–Kier alpha value is -4.53. The topological polar surface area (TPSA) is 114 Å². The van der Waals surface area contributed by atoms with E-state index in [2.05, 4.69) is 10.4 Å². The summed E-state index contributed by atoms with van der Waals surface area (Å²) in [5, 5.41) is 19.8. The van der Waals surface area contributed by atoms with Crippen molar-refractivity contribution in [3.05, 3.63) is 100 Å². The molecule has 172 valence electrons. The Bertz CT molecular complexity index is 1240. The molecule has 3 aromatic carbocycles. The number of nitro benzene ring substituents is 1. The van der Waals surface area contributed by atoms with Gasteiger partial charge in [0.25, 0.3) is 11.6 Å². The van der Waals surface area contributed by atoms with Crippen LogP contribution in [-0.2, 0) is 14.3 Å². The van der Waals surface area contributed by atoms with Crippen molar-refractivity contribution in [1.29, 1.82) is 0 Å². The van der Waals surface area contributed by atoms with Crippen LogP contribution in [0.2, 0.25) is 0 Å². The molecule has 1 heterocycles. The lowest BCUT2D eigenvalue weighted by Crippen LogP contribution is -2.24. The number of carbonyl (C=O) groups excluding carboxylic acids is 2. The highest BCUT2D eigenvalue weighted by atomic mass is 16.6. The largest absolute Gasteiger partial charge is 0.451 e. The van der Waals surface area contributed by atoms with Crippen molar-refractivity contribution in [3.8, 4) is 0 Å². The molecule has 1 aliphatic rings. The van der Waals surface area contributed by atoms with E-state index in [0.717, 1.165) is 11.3 Å². The van der Waals surface area contributed by atoms with Gasteiger partial charge < -0.3 is 10.1 Å². The van der Waals surface area contributed by atoms with Crippen LogP contribution in [0.5, 0.6) is 0 Å². The second-order valence-corrected chi connectivity index (χ2v) is 7.74. The first kappa shape index (κ1) is 22.7. The lowest BCUT2D eigenvalue weighted by molar-refractivity contribution is -0.384. The van der Waals surface area contributed by atoms with Crippen LogP contribution in [0.3, 0.4) is 0 Å². The molecule has 0 aliphatic carbocycles. The normalized spacial score (nSPS) is 14.9. The average Bonchev–Trinajstić information content (AvgIpc) is 3.30. The molecule has 4 rings (SSSR count). The van der Waals surface area contributed by atoms with Gasteiger partial charge in [-0.05, 0) is 30.2 Å². The molecule has 0 spiro atoms. The van der Waals surface area contributed by atoms with Gasteiger partial charge in [-0.15, -0.1) is 0 Å². The van der Waals surface area contributed by atoms with Gasteiger partial charge >= 0.3 is 5.97 Å². The zero-order valence-electron chi connectivity index (χ0n) is 18.4. The summed E-state index contributed by atoms with van der Waals surface area (Å²) in [6.07, 6.45) is 0.323. The molecule has 0 bridgehead atoms. The molecular formula is C25H22N4O5. The van der Waals surface area contributed by atoms with Crippen LogP contribution in [0.4, 0.5) is 17.1 Å². The van der Waals surface area contributed by atoms with E-state index in [1.807, 2.05) is 60.7 Å². The maximum atomic E-state index is 12.7. The maximum Gasteiger partial charge on any atom is 0.355 e. The van der Waals surface area contributed by atoms with Crippen LogP contribution in [0.25, 0.3) is 0 Å². The number of benzene rings is 3. The van der Waals surface area contributed by atoms with Gasteiger partial charge in [0.05, 0.1) is 22.3 Å². The smallest absolute Gasteiger partial charge is 0.355 e. The monoisotopic (exact) mass is 458 g/mol. The van der Waals surface area contributed by atoms with Crippen LogP contribution >= 0.6 is 0 Å². The Labute approximate surface area is 195 Å². The summed E-state index contributed by atoms with van der Waals surface area (Å²) in [5.74, 6) is -1.29. The summed E-state index contributed by atoms with van der Waals surface area (Å²) < 4.78 is 5.20. The van der Waals surface area contributed by atoms with Gasteiger partial charge in [-0.2, -0.15) is 5.10 Å². The van der Waals surface area contributed by atoms with E-state index in [9.17, 15) is 19.7 Å². The Kier molecular flexibility index (Phi) is 6.63. The number of hydrogen-bond acceptors (Lipinski definition) is 7. The highest BCUT2D eigenvalue weighted by Crippen LogP contribution is 2.35. The van der Waals surface area contributed by atoms with E-state index >= 15 is 0 Å². The van der Waals surface area contributed by atoms with Gasteiger partial charge in [0.15, 0.2) is 6.61 Å². The van der Waals surface area contributed by atoms with Crippen LogP contribution in [0.15, 0.2) is 84.0 Å². The first-order valence-corrected chi connectivity index (χ1v) is 10.6. The number of aryl methyl sites for hydroxylation is 1. The summed E-state index contributed by atoms with van der Waals surface area (Å²) in [6, 6.07) is 23.2. The van der Waals surface area contributed by atoms with Crippen molar-refractivity contribution in [3.63, 3.8) is 0 Å². The van der Waals surface area contributed by atoms with E-state index < -0.39 is 23.4 Å². The number of esters is 1. The van der Waals surface area contributed by atoms with Crippen LogP contribution in [0.1, 0.15) is 23.6 Å². The van der Waals surface area contributed by atoms with E-state index in [1.165, 1.54) is 18.2 Å². The number of rotatable bonds is 7. The quantitative estimate of drug-likeness (QED) is 0.319. The fourth-order valence-electron chi connectivity index (χ4n) is 3.65. The second-order valence-electron chi connectivity index (χ2n) is 7.74. The number of hydrogen-bond donors (Lipinski definition) is 1. The molecule has 9 nitrogen and oxygen atoms in total. The Morgan fingerprint density at radius 1 is 1.09 bits per heavy atom. The number of nitro groups is 1. The van der Waals surface area contributed by atoms with Crippen LogP contribution in [0, 0.1) is 17.0 Å². The standard InChI is InChI=1S/C25H22N4O5/c1-17-12-13-20(29(32)33)14-21(17)26-24(30)16-34-25(31)22-15-23(18-8-4-2-5-9-18)28(27-22)19-10-6-3-7-11-19/h2-14,23H,15-16H2,1H3,(H,26,30). The molecule has 1 atom stereocenters. The molecule has 3 aromatic rings. The number of amides is 1. The van der Waals surface area contributed by atoms with Crippen molar-refractivity contribution < 1.29 is 19.2 Å². The molecule has 1 aliphatic heterocycles. The van der Waals surface area contributed by atoms with E-state index in [0.29, 0.717) is 12.0 Å². The van der Waals surface area contributed by atoms with Crippen molar-refractivity contribution in [2.45, 2.75) is 19.4 Å². The van der Waals surface area contributed by atoms with E-state index in [1.54, 1.807) is 11.9 Å². The molecular weight excluding hydrogens is 436 g/mol. The highest BCUT2D eigenvalue weighted by Gasteiger charge is 2.33. The van der Waals surface area contributed by atoms with Gasteiger partial charge in [-0.25, -0.2) is 4.79 Å². The number of nitrogens with one attached hydrogen (secondary N) is 1. The fourth-order valence-corrected chi connectivity index (χ4v) is 3.65. The van der Waals surface area contributed by atoms with Crippen molar-refractivity contribution in [2.75, 3.05) is 16.9 Å². The van der Waals surface area contributed by atoms with Crippen molar-refractivity contribution in [1.82, 2.24) is 0 Å². The third-order valence-electron chi connectivity index (χ3n) is 5.39. The summed E-state index contributed by atoms with van der Waals surface area (Å²) in [5.41, 5.74) is 2.82. The van der Waals surface area contributed by atoms with Gasteiger partial charge in [0, 0.05) is 18.6 Å². The number of nitrogens with zero attached hydrogens (tertiary/aromatic N) is 3. The molecule has 1 amide bonds. The minimum Gasteiger partial charge on any atom is -0.451 e. The first-order chi connectivity index (χ1) is 16.4. The molecule has 0 saturated carbocycles. The molecule has 1 N–H and O–H groups in total. The molecule has 0 saturated heterocycles. The van der Waals surface area contributed by atoms with Gasteiger partial charge in [0.2, 0.25) is 0 Å². The van der Waals surface area contributed by atoms with E-state index in [-0.39, 0.29) is 23.1 Å². The lowest BCUT2D eigenvalue weighted by atomic mass is 10.0. The molecule has 1 unspecified atom stereocenters. The number of carbonyl (C=O) groups is 2. The molecule has 9 heteroatoms. The average molecular weight is 458 g/mol. The predicted octanol–water partition coefficient (Wildman–Crippen LogP) is 4.39. The number of para-hydroxylation sites is 1. The number of hydrazone groups is 1. The highest BCUT2D eigenvalue weighted by molar-refractivity contribution is 6.37. The van der Waals surface area contributed by atoms with Gasteiger partial charge in [-0.3, -0.25) is 19.9 Å². The molecule has 34 heavy (non-hydrogen) atoms. The summed E-state index contributed by atoms with van der Waals surface area (Å²) >= 11 is 0. The fraction of sp³-hybridized carbons (Fsp3) is 0.160. The zero-order valence-corrected chi connectivity index (χ0v) is 18.4. The Balaban J connectivity index is 1.44. The third-order valence-corrected chi connectivity index (χ3v) is 5.39. The number of anilines is 2. The summed E-state index contributed by atoms with van der Waals surface area (Å²) in [7, 11) is 0. The number of ether oxygens (including phenoxy) is 1. The van der Waals surface area contributed by atoms with Gasteiger partial charge in [0.1, 0.15) is 5.71 Å². The first-order valence-electron chi connectivity index (χ1n) is 10.6. The molecule has 0 aromatic heterocycles. The van der Waals surface area contributed by atoms with Crippen molar-refractivity contribution in [2.24, 2.45) is 5.10 Å². The minimum atomic E-state index is -0.690. The van der Waals surface area contributed by atoms with Crippen LogP contribution in [-0.4, -0.2) is 29.1 Å². The lowest BCUT2D eigenvalue weighted by Gasteiger charge is -2.23. The van der Waals surface area contributed by atoms with E-state index in [4.69, 9.17) is 4.74 Å². The summed E-state index contributed by atoms with van der Waals surface area (Å²) in [4.78, 5) is 35.5. The molecule has 0 radical (unpaired) electrons. The maximum absolute atomic E-state index is 12.7. The number of non-ortho nitro benzene ring substituents is 1. The third kappa shape index (κ3) is 5.09. The van der Waals surface area contributed by atoms with Crippen molar-refractivity contribution >= 4 is 34.7 Å². The predicted molar refractivity (Wildman–Crippen MR) is 128 cm³/mol. The van der Waals surface area contributed by atoms with Crippen LogP contribution < -0.4 is 10.3 Å². The SMILES string of the molecule is Cc1ccc([N+](=O)[O-])cc1NC(=O)COC(=O)C1=NN(c2ccccc2)C(c2ccccc2)C1.